The van der Waals surface area contributed by atoms with Gasteiger partial charge in [0.2, 0.25) is 0 Å². The fraction of sp³-hybridized carbons (Fsp3) is 0.300. The Morgan fingerprint density at radius 3 is 2.16 bits per heavy atom. The summed E-state index contributed by atoms with van der Waals surface area (Å²) in [6.07, 6.45) is 0.112. The highest BCUT2D eigenvalue weighted by Crippen LogP contribution is 2.14. The van der Waals surface area contributed by atoms with Crippen LogP contribution in [0.4, 0.5) is 0 Å². The zero-order chi connectivity index (χ0) is 18.2. The van der Waals surface area contributed by atoms with Crippen molar-refractivity contribution >= 4 is 11.8 Å². The summed E-state index contributed by atoms with van der Waals surface area (Å²) in [5, 5.41) is 5.32. The molecule has 2 N–H and O–H groups in total. The van der Waals surface area contributed by atoms with E-state index in [4.69, 9.17) is 4.74 Å². The minimum absolute atomic E-state index is 0.112. The molecule has 5 heteroatoms. The van der Waals surface area contributed by atoms with Gasteiger partial charge in [-0.15, -0.1) is 0 Å². The van der Waals surface area contributed by atoms with Gasteiger partial charge in [-0.1, -0.05) is 42.5 Å². The number of amides is 2. The molecule has 0 aliphatic heterocycles. The van der Waals surface area contributed by atoms with Gasteiger partial charge in [0, 0.05) is 6.54 Å². The third-order valence-electron chi connectivity index (χ3n) is 3.60. The van der Waals surface area contributed by atoms with Crippen molar-refractivity contribution in [2.24, 2.45) is 0 Å². The molecule has 0 saturated carbocycles. The molecule has 25 heavy (non-hydrogen) atoms. The van der Waals surface area contributed by atoms with E-state index in [0.717, 1.165) is 16.9 Å². The Bertz CT molecular complexity index is 697. The van der Waals surface area contributed by atoms with Crippen LogP contribution in [0, 0.1) is 0 Å². The van der Waals surface area contributed by atoms with E-state index in [1.165, 1.54) is 0 Å². The van der Waals surface area contributed by atoms with Gasteiger partial charge in [0.05, 0.1) is 12.1 Å². The monoisotopic (exact) mass is 340 g/mol. The van der Waals surface area contributed by atoms with Crippen molar-refractivity contribution in [3.05, 3.63) is 65.7 Å². The maximum absolute atomic E-state index is 12.0. The molecule has 0 aliphatic carbocycles. The summed E-state index contributed by atoms with van der Waals surface area (Å²) in [5.41, 5.74) is 1.85. The van der Waals surface area contributed by atoms with E-state index >= 15 is 0 Å². The molecule has 2 aromatic carbocycles. The van der Waals surface area contributed by atoms with Crippen LogP contribution in [0.3, 0.4) is 0 Å². The van der Waals surface area contributed by atoms with Crippen LogP contribution in [0.1, 0.15) is 37.9 Å². The number of benzene rings is 2. The molecule has 2 amide bonds. The highest BCUT2D eigenvalue weighted by atomic mass is 16.5. The van der Waals surface area contributed by atoms with Crippen molar-refractivity contribution in [3.63, 3.8) is 0 Å². The second-order valence-corrected chi connectivity index (χ2v) is 6.10. The first-order valence-corrected chi connectivity index (χ1v) is 8.35. The molecule has 0 spiro atoms. The smallest absolute Gasteiger partial charge is 0.309 e. The summed E-state index contributed by atoms with van der Waals surface area (Å²) in [6.45, 7) is 6.05. The van der Waals surface area contributed by atoms with Crippen LogP contribution in [0.25, 0.3) is 0 Å². The lowest BCUT2D eigenvalue weighted by Gasteiger charge is -2.14. The van der Waals surface area contributed by atoms with Crippen LogP contribution in [0.5, 0.6) is 5.75 Å². The van der Waals surface area contributed by atoms with Crippen molar-refractivity contribution in [1.29, 1.82) is 0 Å². The van der Waals surface area contributed by atoms with Crippen molar-refractivity contribution < 1.29 is 14.3 Å². The molecule has 0 aliphatic rings. The number of hydrogen-bond acceptors (Lipinski definition) is 3. The molecule has 0 aromatic heterocycles. The number of carbonyl (C=O) groups excluding carboxylic acids is 2. The van der Waals surface area contributed by atoms with Crippen molar-refractivity contribution in [1.82, 2.24) is 10.6 Å². The summed E-state index contributed by atoms with van der Waals surface area (Å²) >= 11 is 0. The average Bonchev–Trinajstić information content (AvgIpc) is 2.61. The van der Waals surface area contributed by atoms with Crippen molar-refractivity contribution in [2.75, 3.05) is 0 Å². The van der Waals surface area contributed by atoms with E-state index in [9.17, 15) is 9.59 Å². The van der Waals surface area contributed by atoms with Crippen LogP contribution < -0.4 is 15.4 Å². The maximum atomic E-state index is 12.0. The van der Waals surface area contributed by atoms with Gasteiger partial charge in [-0.3, -0.25) is 9.59 Å². The Labute approximate surface area is 148 Å². The summed E-state index contributed by atoms with van der Waals surface area (Å²) in [6, 6.07) is 16.7. The van der Waals surface area contributed by atoms with E-state index < -0.39 is 11.8 Å². The molecule has 0 heterocycles. The second-order valence-electron chi connectivity index (χ2n) is 6.10. The second kappa shape index (κ2) is 8.87. The average molecular weight is 340 g/mol. The third kappa shape index (κ3) is 5.95. The summed E-state index contributed by atoms with van der Waals surface area (Å²) < 4.78 is 5.57. The van der Waals surface area contributed by atoms with E-state index in [1.807, 2.05) is 75.4 Å². The summed E-state index contributed by atoms with van der Waals surface area (Å²) in [5.74, 6) is -0.513. The predicted molar refractivity (Wildman–Crippen MR) is 97.1 cm³/mol. The zero-order valence-corrected chi connectivity index (χ0v) is 14.8. The molecular weight excluding hydrogens is 316 g/mol. The van der Waals surface area contributed by atoms with Gasteiger partial charge in [0.15, 0.2) is 0 Å². The predicted octanol–water partition coefficient (Wildman–Crippen LogP) is 2.97. The number of ether oxygens (including phenoxy) is 1. The normalized spacial score (nSPS) is 11.7. The molecule has 2 rings (SSSR count). The van der Waals surface area contributed by atoms with E-state index in [-0.39, 0.29) is 18.7 Å². The van der Waals surface area contributed by atoms with E-state index in [2.05, 4.69) is 10.6 Å². The fourth-order valence-electron chi connectivity index (χ4n) is 2.31. The Morgan fingerprint density at radius 2 is 1.56 bits per heavy atom. The molecule has 0 radical (unpaired) electrons. The van der Waals surface area contributed by atoms with E-state index in [1.54, 1.807) is 0 Å². The number of rotatable bonds is 6. The molecular formula is C20H24N2O3. The number of nitrogens with one attached hydrogen (secondary N) is 2. The molecule has 0 bridgehead atoms. The molecule has 0 saturated heterocycles. The number of carbonyl (C=O) groups is 2. The van der Waals surface area contributed by atoms with Crippen molar-refractivity contribution in [2.45, 2.75) is 39.5 Å². The van der Waals surface area contributed by atoms with Gasteiger partial charge < -0.3 is 15.4 Å². The lowest BCUT2D eigenvalue weighted by Crippen LogP contribution is -2.40. The van der Waals surface area contributed by atoms with Gasteiger partial charge in [0.25, 0.3) is 0 Å². The molecule has 5 nitrogen and oxygen atoms in total. The van der Waals surface area contributed by atoms with Crippen LogP contribution in [-0.2, 0) is 16.1 Å². The van der Waals surface area contributed by atoms with Gasteiger partial charge in [0.1, 0.15) is 5.75 Å². The summed E-state index contributed by atoms with van der Waals surface area (Å²) in [4.78, 5) is 23.9. The minimum Gasteiger partial charge on any atom is -0.491 e. The van der Waals surface area contributed by atoms with Crippen LogP contribution in [0.15, 0.2) is 54.6 Å². The topological polar surface area (TPSA) is 67.4 Å². The summed E-state index contributed by atoms with van der Waals surface area (Å²) in [7, 11) is 0. The SMILES string of the molecule is CC(C)Oc1ccc(CNC(=O)C(=O)N[C@H](C)c2ccccc2)cc1. The quantitative estimate of drug-likeness (QED) is 0.795. The zero-order valence-electron chi connectivity index (χ0n) is 14.8. The van der Waals surface area contributed by atoms with Gasteiger partial charge in [-0.05, 0) is 44.0 Å². The highest BCUT2D eigenvalue weighted by molar-refractivity contribution is 6.35. The van der Waals surface area contributed by atoms with Gasteiger partial charge in [-0.2, -0.15) is 0 Å². The lowest BCUT2D eigenvalue weighted by atomic mass is 10.1. The maximum Gasteiger partial charge on any atom is 0.309 e. The third-order valence-corrected chi connectivity index (χ3v) is 3.60. The van der Waals surface area contributed by atoms with Gasteiger partial charge in [-0.25, -0.2) is 0 Å². The van der Waals surface area contributed by atoms with Crippen molar-refractivity contribution in [3.8, 4) is 5.75 Å². The largest absolute Gasteiger partial charge is 0.491 e. The molecule has 0 fully saturated rings. The Kier molecular flexibility index (Phi) is 6.57. The Morgan fingerprint density at radius 1 is 0.920 bits per heavy atom. The van der Waals surface area contributed by atoms with Gasteiger partial charge >= 0.3 is 11.8 Å². The minimum atomic E-state index is -0.648. The van der Waals surface area contributed by atoms with Crippen LogP contribution in [-0.4, -0.2) is 17.9 Å². The first-order valence-electron chi connectivity index (χ1n) is 8.35. The fourth-order valence-corrected chi connectivity index (χ4v) is 2.31. The highest BCUT2D eigenvalue weighted by Gasteiger charge is 2.16. The molecule has 1 atom stereocenters. The first-order chi connectivity index (χ1) is 12.0. The standard InChI is InChI=1S/C20H24N2O3/c1-14(2)25-18-11-9-16(10-12-18)13-21-19(23)20(24)22-15(3)17-7-5-4-6-8-17/h4-12,14-15H,13H2,1-3H3,(H,21,23)(H,22,24)/t15-/m1/s1. The molecule has 0 unspecified atom stereocenters. The lowest BCUT2D eigenvalue weighted by molar-refractivity contribution is -0.139. The number of hydrogen-bond donors (Lipinski definition) is 2. The van der Waals surface area contributed by atoms with Crippen LogP contribution in [0.2, 0.25) is 0 Å². The first kappa shape index (κ1) is 18.5. The molecule has 2 aromatic rings. The molecule has 132 valence electrons. The Balaban J connectivity index is 1.82. The van der Waals surface area contributed by atoms with E-state index in [0.29, 0.717) is 0 Å². The van der Waals surface area contributed by atoms with Crippen LogP contribution >= 0.6 is 0 Å². The Hall–Kier alpha value is -2.82.